The molecule has 3 nitrogen and oxygen atoms in total. The van der Waals surface area contributed by atoms with Crippen molar-refractivity contribution in [2.24, 2.45) is 5.41 Å². The van der Waals surface area contributed by atoms with Gasteiger partial charge in [-0.25, -0.2) is 0 Å². The summed E-state index contributed by atoms with van der Waals surface area (Å²) in [5.41, 5.74) is 0.884. The number of benzene rings is 1. The van der Waals surface area contributed by atoms with Crippen LogP contribution in [0.25, 0.3) is 0 Å². The van der Waals surface area contributed by atoms with E-state index in [1.165, 1.54) is 5.56 Å². The standard InChI is InChI=1S/C15H21NO2.ClH/c1-2-18-14(17)15(8-10-16-11-9-15)12-13-6-4-3-5-7-13;/h3-7,16H,2,8-12H2,1H3;1H. The molecule has 1 N–H and O–H groups in total. The van der Waals surface area contributed by atoms with Gasteiger partial charge in [-0.05, 0) is 44.8 Å². The molecule has 1 aliphatic heterocycles. The fourth-order valence-corrected chi connectivity index (χ4v) is 2.63. The van der Waals surface area contributed by atoms with Crippen LogP contribution in [0.1, 0.15) is 25.3 Å². The number of rotatable bonds is 4. The molecule has 0 amide bonds. The molecule has 0 unspecified atom stereocenters. The van der Waals surface area contributed by atoms with Crippen LogP contribution in [-0.4, -0.2) is 25.7 Å². The van der Waals surface area contributed by atoms with Crippen LogP contribution in [0.2, 0.25) is 0 Å². The first-order valence-corrected chi connectivity index (χ1v) is 6.69. The van der Waals surface area contributed by atoms with Gasteiger partial charge in [0.1, 0.15) is 0 Å². The fourth-order valence-electron chi connectivity index (χ4n) is 2.63. The summed E-state index contributed by atoms with van der Waals surface area (Å²) in [6.45, 7) is 4.12. The first kappa shape index (κ1) is 16.0. The van der Waals surface area contributed by atoms with E-state index >= 15 is 0 Å². The van der Waals surface area contributed by atoms with Gasteiger partial charge in [-0.1, -0.05) is 30.3 Å². The molecule has 1 heterocycles. The van der Waals surface area contributed by atoms with Crippen molar-refractivity contribution in [1.29, 1.82) is 0 Å². The summed E-state index contributed by atoms with van der Waals surface area (Å²) >= 11 is 0. The molecule has 0 bridgehead atoms. The highest BCUT2D eigenvalue weighted by atomic mass is 35.5. The molecule has 0 aromatic heterocycles. The Hall–Kier alpha value is -1.06. The molecule has 0 radical (unpaired) electrons. The minimum atomic E-state index is -0.331. The lowest BCUT2D eigenvalue weighted by Crippen LogP contribution is -2.44. The Morgan fingerprint density at radius 1 is 1.26 bits per heavy atom. The summed E-state index contributed by atoms with van der Waals surface area (Å²) in [5, 5.41) is 3.31. The van der Waals surface area contributed by atoms with Crippen molar-refractivity contribution in [3.8, 4) is 0 Å². The van der Waals surface area contributed by atoms with E-state index < -0.39 is 0 Å². The van der Waals surface area contributed by atoms with Gasteiger partial charge in [0.05, 0.1) is 12.0 Å². The zero-order chi connectivity index (χ0) is 12.8. The predicted octanol–water partition coefficient (Wildman–Crippen LogP) is 2.58. The van der Waals surface area contributed by atoms with Gasteiger partial charge >= 0.3 is 5.97 Å². The summed E-state index contributed by atoms with van der Waals surface area (Å²) in [4.78, 5) is 12.3. The predicted molar refractivity (Wildman–Crippen MR) is 78.6 cm³/mol. The summed E-state index contributed by atoms with van der Waals surface area (Å²) < 4.78 is 5.29. The normalized spacial score (nSPS) is 17.3. The first-order valence-electron chi connectivity index (χ1n) is 6.69. The van der Waals surface area contributed by atoms with Crippen molar-refractivity contribution in [3.05, 3.63) is 35.9 Å². The quantitative estimate of drug-likeness (QED) is 0.863. The molecule has 19 heavy (non-hydrogen) atoms. The van der Waals surface area contributed by atoms with Crippen molar-refractivity contribution >= 4 is 18.4 Å². The van der Waals surface area contributed by atoms with Crippen LogP contribution in [-0.2, 0) is 16.0 Å². The number of piperidine rings is 1. The van der Waals surface area contributed by atoms with Crippen LogP contribution >= 0.6 is 12.4 Å². The van der Waals surface area contributed by atoms with E-state index in [-0.39, 0.29) is 23.8 Å². The lowest BCUT2D eigenvalue weighted by atomic mass is 9.74. The van der Waals surface area contributed by atoms with Gasteiger partial charge < -0.3 is 10.1 Å². The zero-order valence-corrected chi connectivity index (χ0v) is 12.2. The highest BCUT2D eigenvalue weighted by molar-refractivity contribution is 5.85. The fraction of sp³-hybridized carbons (Fsp3) is 0.533. The van der Waals surface area contributed by atoms with Crippen LogP contribution in [0, 0.1) is 5.41 Å². The molecular weight excluding hydrogens is 262 g/mol. The molecule has 1 aromatic carbocycles. The Morgan fingerprint density at radius 2 is 1.89 bits per heavy atom. The molecule has 106 valence electrons. The van der Waals surface area contributed by atoms with Crippen molar-refractivity contribution in [1.82, 2.24) is 5.32 Å². The number of carbonyl (C=O) groups excluding carboxylic acids is 1. The van der Waals surface area contributed by atoms with Gasteiger partial charge in [0.15, 0.2) is 0 Å². The Kier molecular flexibility index (Phi) is 6.32. The lowest BCUT2D eigenvalue weighted by Gasteiger charge is -2.35. The zero-order valence-electron chi connectivity index (χ0n) is 11.4. The minimum absolute atomic E-state index is 0. The second-order valence-electron chi connectivity index (χ2n) is 4.91. The molecule has 1 aromatic rings. The average molecular weight is 284 g/mol. The van der Waals surface area contributed by atoms with Crippen LogP contribution < -0.4 is 5.32 Å². The summed E-state index contributed by atoms with van der Waals surface area (Å²) in [6.07, 6.45) is 2.51. The van der Waals surface area contributed by atoms with Crippen molar-refractivity contribution < 1.29 is 9.53 Å². The van der Waals surface area contributed by atoms with Gasteiger partial charge in [-0.2, -0.15) is 0 Å². The molecule has 1 aliphatic rings. The Labute approximate surface area is 121 Å². The number of hydrogen-bond donors (Lipinski definition) is 1. The van der Waals surface area contributed by atoms with E-state index in [1.54, 1.807) is 0 Å². The van der Waals surface area contributed by atoms with Gasteiger partial charge in [0, 0.05) is 0 Å². The van der Waals surface area contributed by atoms with E-state index in [0.29, 0.717) is 6.61 Å². The Morgan fingerprint density at radius 3 is 2.47 bits per heavy atom. The van der Waals surface area contributed by atoms with Crippen molar-refractivity contribution in [3.63, 3.8) is 0 Å². The van der Waals surface area contributed by atoms with Crippen LogP contribution in [0.3, 0.4) is 0 Å². The van der Waals surface area contributed by atoms with Crippen LogP contribution in [0.5, 0.6) is 0 Å². The molecule has 2 rings (SSSR count). The van der Waals surface area contributed by atoms with E-state index in [2.05, 4.69) is 17.4 Å². The monoisotopic (exact) mass is 283 g/mol. The molecule has 1 fully saturated rings. The van der Waals surface area contributed by atoms with Gasteiger partial charge in [0.2, 0.25) is 0 Å². The molecular formula is C15H22ClNO2. The van der Waals surface area contributed by atoms with E-state index in [1.807, 2.05) is 25.1 Å². The maximum Gasteiger partial charge on any atom is 0.312 e. The first-order chi connectivity index (χ1) is 8.77. The number of nitrogens with one attached hydrogen (secondary N) is 1. The highest BCUT2D eigenvalue weighted by Gasteiger charge is 2.40. The van der Waals surface area contributed by atoms with E-state index in [0.717, 1.165) is 32.4 Å². The highest BCUT2D eigenvalue weighted by Crippen LogP contribution is 2.34. The third kappa shape index (κ3) is 3.95. The number of halogens is 1. The maximum absolute atomic E-state index is 12.3. The van der Waals surface area contributed by atoms with E-state index in [9.17, 15) is 4.79 Å². The summed E-state index contributed by atoms with van der Waals surface area (Å²) in [5.74, 6) is -0.0321. The summed E-state index contributed by atoms with van der Waals surface area (Å²) in [6, 6.07) is 10.2. The maximum atomic E-state index is 12.3. The molecule has 4 heteroatoms. The van der Waals surface area contributed by atoms with Crippen molar-refractivity contribution in [2.45, 2.75) is 26.2 Å². The number of esters is 1. The number of carbonyl (C=O) groups is 1. The largest absolute Gasteiger partial charge is 0.466 e. The molecule has 0 saturated carbocycles. The molecule has 0 atom stereocenters. The second-order valence-corrected chi connectivity index (χ2v) is 4.91. The third-order valence-electron chi connectivity index (χ3n) is 3.65. The lowest BCUT2D eigenvalue weighted by molar-refractivity contribution is -0.157. The number of ether oxygens (including phenoxy) is 1. The van der Waals surface area contributed by atoms with Crippen molar-refractivity contribution in [2.75, 3.05) is 19.7 Å². The minimum Gasteiger partial charge on any atom is -0.466 e. The Bertz CT molecular complexity index is 388. The van der Waals surface area contributed by atoms with Gasteiger partial charge in [0.25, 0.3) is 0 Å². The van der Waals surface area contributed by atoms with E-state index in [4.69, 9.17) is 4.74 Å². The average Bonchev–Trinajstić information content (AvgIpc) is 2.41. The third-order valence-corrected chi connectivity index (χ3v) is 3.65. The van der Waals surface area contributed by atoms with Crippen LogP contribution in [0.15, 0.2) is 30.3 Å². The summed E-state index contributed by atoms with van der Waals surface area (Å²) in [7, 11) is 0. The molecule has 0 spiro atoms. The Balaban J connectivity index is 0.00000180. The molecule has 1 saturated heterocycles. The smallest absolute Gasteiger partial charge is 0.312 e. The van der Waals surface area contributed by atoms with Crippen LogP contribution in [0.4, 0.5) is 0 Å². The van der Waals surface area contributed by atoms with Gasteiger partial charge in [-0.15, -0.1) is 12.4 Å². The SMILES string of the molecule is CCOC(=O)C1(Cc2ccccc2)CCNCC1.Cl. The molecule has 0 aliphatic carbocycles. The second kappa shape index (κ2) is 7.51. The van der Waals surface area contributed by atoms with Gasteiger partial charge in [-0.3, -0.25) is 4.79 Å². The topological polar surface area (TPSA) is 38.3 Å². The number of hydrogen-bond acceptors (Lipinski definition) is 3.